The highest BCUT2D eigenvalue weighted by Gasteiger charge is 2.08. The second-order valence-electron chi connectivity index (χ2n) is 4.33. The molecule has 0 bridgehead atoms. The predicted octanol–water partition coefficient (Wildman–Crippen LogP) is 1.37. The summed E-state index contributed by atoms with van der Waals surface area (Å²) in [6.07, 6.45) is 3.62. The number of aromatic nitrogens is 5. The van der Waals surface area contributed by atoms with Gasteiger partial charge in [0.15, 0.2) is 5.82 Å². The zero-order valence-electron chi connectivity index (χ0n) is 10.9. The van der Waals surface area contributed by atoms with Crippen molar-refractivity contribution in [3.8, 4) is 17.0 Å². The van der Waals surface area contributed by atoms with Crippen LogP contribution < -0.4 is 10.5 Å². The zero-order chi connectivity index (χ0) is 13.9. The van der Waals surface area contributed by atoms with Gasteiger partial charge in [-0.05, 0) is 12.1 Å². The Morgan fingerprint density at radius 1 is 1.35 bits per heavy atom. The lowest BCUT2D eigenvalue weighted by Gasteiger charge is -2.07. The van der Waals surface area contributed by atoms with Gasteiger partial charge < -0.3 is 15.0 Å². The third-order valence-corrected chi connectivity index (χ3v) is 2.97. The summed E-state index contributed by atoms with van der Waals surface area (Å²) in [5.41, 5.74) is 7.21. The molecule has 0 aliphatic heterocycles. The normalized spacial score (nSPS) is 10.7. The Morgan fingerprint density at radius 2 is 2.25 bits per heavy atom. The number of nitrogens with one attached hydrogen (secondary N) is 1. The summed E-state index contributed by atoms with van der Waals surface area (Å²) in [6.45, 7) is 0.404. The summed E-state index contributed by atoms with van der Waals surface area (Å²) in [5, 5.41) is 10.3. The summed E-state index contributed by atoms with van der Waals surface area (Å²) in [6, 6.07) is 7.54. The standard InChI is InChI=1S/C13H14N6O/c1-19-6-5-15-11(19)8-20-10-4-2-3-9(7-10)12-13(14)17-18-16-12/h2-7H,8H2,1H3,(H3,14,16,17,18). The summed E-state index contributed by atoms with van der Waals surface area (Å²) < 4.78 is 7.64. The van der Waals surface area contributed by atoms with Gasteiger partial charge in [-0.3, -0.25) is 0 Å². The minimum Gasteiger partial charge on any atom is -0.486 e. The van der Waals surface area contributed by atoms with E-state index in [1.54, 1.807) is 6.20 Å². The van der Waals surface area contributed by atoms with Crippen molar-refractivity contribution < 1.29 is 4.74 Å². The Bertz CT molecular complexity index is 717. The van der Waals surface area contributed by atoms with Crippen LogP contribution in [0.5, 0.6) is 5.75 Å². The van der Waals surface area contributed by atoms with Crippen molar-refractivity contribution >= 4 is 5.82 Å². The Hall–Kier alpha value is -2.83. The van der Waals surface area contributed by atoms with Gasteiger partial charge in [0.2, 0.25) is 0 Å². The molecule has 3 rings (SSSR count). The first kappa shape index (κ1) is 12.2. The lowest BCUT2D eigenvalue weighted by atomic mass is 10.1. The molecule has 0 aliphatic carbocycles. The molecule has 0 unspecified atom stereocenters. The van der Waals surface area contributed by atoms with Crippen molar-refractivity contribution in [1.29, 1.82) is 0 Å². The van der Waals surface area contributed by atoms with Crippen molar-refractivity contribution in [3.05, 3.63) is 42.5 Å². The van der Waals surface area contributed by atoms with E-state index in [4.69, 9.17) is 10.5 Å². The SMILES string of the molecule is Cn1ccnc1COc1cccc(-c2n[nH]nc2N)c1. The first-order chi connectivity index (χ1) is 9.74. The molecule has 3 aromatic rings. The molecule has 7 heteroatoms. The summed E-state index contributed by atoms with van der Waals surface area (Å²) in [4.78, 5) is 4.21. The molecule has 0 aliphatic rings. The number of ether oxygens (including phenoxy) is 1. The van der Waals surface area contributed by atoms with Gasteiger partial charge in [0, 0.05) is 25.0 Å². The van der Waals surface area contributed by atoms with Gasteiger partial charge >= 0.3 is 0 Å². The molecule has 7 nitrogen and oxygen atoms in total. The number of nitrogens with zero attached hydrogens (tertiary/aromatic N) is 4. The first-order valence-electron chi connectivity index (χ1n) is 6.09. The molecule has 0 fully saturated rings. The van der Waals surface area contributed by atoms with Crippen molar-refractivity contribution in [3.63, 3.8) is 0 Å². The lowest BCUT2D eigenvalue weighted by Crippen LogP contribution is -2.03. The zero-order valence-corrected chi connectivity index (χ0v) is 10.9. The van der Waals surface area contributed by atoms with E-state index < -0.39 is 0 Å². The fraction of sp³-hybridized carbons (Fsp3) is 0.154. The molecule has 2 aromatic heterocycles. The van der Waals surface area contributed by atoms with Crippen LogP contribution in [0.2, 0.25) is 0 Å². The van der Waals surface area contributed by atoms with Crippen LogP contribution in [0.3, 0.4) is 0 Å². The Balaban J connectivity index is 1.78. The predicted molar refractivity (Wildman–Crippen MR) is 73.8 cm³/mol. The molecule has 0 saturated carbocycles. The second-order valence-corrected chi connectivity index (χ2v) is 4.33. The molecular formula is C13H14N6O. The van der Waals surface area contributed by atoms with Crippen molar-refractivity contribution in [2.75, 3.05) is 5.73 Å². The second kappa shape index (κ2) is 5.04. The first-order valence-corrected chi connectivity index (χ1v) is 6.09. The maximum atomic E-state index is 5.73. The Labute approximate surface area is 115 Å². The molecule has 102 valence electrons. The molecule has 0 amide bonds. The monoisotopic (exact) mass is 270 g/mol. The number of anilines is 1. The van der Waals surface area contributed by atoms with Gasteiger partial charge in [-0.2, -0.15) is 10.3 Å². The third kappa shape index (κ3) is 2.33. The number of H-pyrrole nitrogens is 1. The average Bonchev–Trinajstić information content (AvgIpc) is 3.05. The average molecular weight is 270 g/mol. The van der Waals surface area contributed by atoms with Crippen LogP contribution >= 0.6 is 0 Å². The van der Waals surface area contributed by atoms with Crippen LogP contribution in [0, 0.1) is 0 Å². The van der Waals surface area contributed by atoms with E-state index in [2.05, 4.69) is 20.4 Å². The summed E-state index contributed by atoms with van der Waals surface area (Å²) in [5.74, 6) is 1.95. The quantitative estimate of drug-likeness (QED) is 0.746. The van der Waals surface area contributed by atoms with E-state index in [0.717, 1.165) is 17.1 Å². The van der Waals surface area contributed by atoms with Crippen LogP contribution in [-0.4, -0.2) is 25.0 Å². The molecular weight excluding hydrogens is 256 g/mol. The van der Waals surface area contributed by atoms with Gasteiger partial charge in [0.05, 0.1) is 0 Å². The molecule has 0 radical (unpaired) electrons. The minimum absolute atomic E-state index is 0.367. The Morgan fingerprint density at radius 3 is 2.95 bits per heavy atom. The van der Waals surface area contributed by atoms with E-state index in [-0.39, 0.29) is 0 Å². The highest BCUT2D eigenvalue weighted by atomic mass is 16.5. The highest BCUT2D eigenvalue weighted by molar-refractivity contribution is 5.70. The van der Waals surface area contributed by atoms with Gasteiger partial charge in [0.1, 0.15) is 23.9 Å². The molecule has 2 heterocycles. The summed E-state index contributed by atoms with van der Waals surface area (Å²) in [7, 11) is 1.93. The number of imidazole rings is 1. The van der Waals surface area contributed by atoms with Gasteiger partial charge in [-0.25, -0.2) is 4.98 Å². The fourth-order valence-electron chi connectivity index (χ4n) is 1.87. The summed E-state index contributed by atoms with van der Waals surface area (Å²) >= 11 is 0. The van der Waals surface area contributed by atoms with Crippen LogP contribution in [0.25, 0.3) is 11.3 Å². The largest absolute Gasteiger partial charge is 0.486 e. The van der Waals surface area contributed by atoms with Crippen LogP contribution in [0.4, 0.5) is 5.82 Å². The number of rotatable bonds is 4. The van der Waals surface area contributed by atoms with Gasteiger partial charge in [-0.15, -0.1) is 5.10 Å². The van der Waals surface area contributed by atoms with Crippen LogP contribution in [-0.2, 0) is 13.7 Å². The lowest BCUT2D eigenvalue weighted by molar-refractivity contribution is 0.292. The van der Waals surface area contributed by atoms with Gasteiger partial charge in [-0.1, -0.05) is 12.1 Å². The van der Waals surface area contributed by atoms with Gasteiger partial charge in [0.25, 0.3) is 0 Å². The van der Waals surface area contributed by atoms with Crippen LogP contribution in [0.15, 0.2) is 36.7 Å². The maximum Gasteiger partial charge on any atom is 0.173 e. The van der Waals surface area contributed by atoms with Crippen molar-refractivity contribution in [1.82, 2.24) is 25.0 Å². The van der Waals surface area contributed by atoms with Crippen molar-refractivity contribution in [2.24, 2.45) is 7.05 Å². The molecule has 0 atom stereocenters. The fourth-order valence-corrected chi connectivity index (χ4v) is 1.87. The van der Waals surface area contributed by atoms with Crippen molar-refractivity contribution in [2.45, 2.75) is 6.61 Å². The topological polar surface area (TPSA) is 94.6 Å². The van der Waals surface area contributed by atoms with E-state index in [1.165, 1.54) is 0 Å². The number of hydrogen-bond acceptors (Lipinski definition) is 5. The van der Waals surface area contributed by atoms with E-state index in [1.807, 2.05) is 42.1 Å². The molecule has 1 aromatic carbocycles. The van der Waals surface area contributed by atoms with E-state index in [9.17, 15) is 0 Å². The number of nitrogen functional groups attached to an aromatic ring is 1. The molecule has 0 spiro atoms. The molecule has 0 saturated heterocycles. The molecule has 20 heavy (non-hydrogen) atoms. The number of aryl methyl sites for hydroxylation is 1. The van der Waals surface area contributed by atoms with Crippen LogP contribution in [0.1, 0.15) is 5.82 Å². The van der Waals surface area contributed by atoms with E-state index in [0.29, 0.717) is 18.1 Å². The highest BCUT2D eigenvalue weighted by Crippen LogP contribution is 2.25. The Kier molecular flexibility index (Phi) is 3.08. The third-order valence-electron chi connectivity index (χ3n) is 2.97. The minimum atomic E-state index is 0.367. The molecule has 3 N–H and O–H groups in total. The number of nitrogens with two attached hydrogens (primary N) is 1. The van der Waals surface area contributed by atoms with E-state index >= 15 is 0 Å². The maximum absolute atomic E-state index is 5.73. The number of benzene rings is 1. The smallest absolute Gasteiger partial charge is 0.173 e. The number of hydrogen-bond donors (Lipinski definition) is 2. The number of aromatic amines is 1.